The average Bonchev–Trinajstić information content (AvgIpc) is 2.78. The third-order valence-corrected chi connectivity index (χ3v) is 3.52. The van der Waals surface area contributed by atoms with Gasteiger partial charge in [-0.25, -0.2) is 9.37 Å². The van der Waals surface area contributed by atoms with Crippen molar-refractivity contribution in [2.24, 2.45) is 0 Å². The van der Waals surface area contributed by atoms with Gasteiger partial charge in [-0.15, -0.1) is 11.3 Å². The van der Waals surface area contributed by atoms with E-state index < -0.39 is 0 Å². The van der Waals surface area contributed by atoms with Gasteiger partial charge in [-0.3, -0.25) is 0 Å². The summed E-state index contributed by atoms with van der Waals surface area (Å²) in [5.41, 5.74) is 9.70. The lowest BCUT2D eigenvalue weighted by atomic mass is 10.2. The van der Waals surface area contributed by atoms with Gasteiger partial charge in [0.25, 0.3) is 0 Å². The second-order valence-electron chi connectivity index (χ2n) is 3.51. The van der Waals surface area contributed by atoms with Crippen molar-refractivity contribution in [3.63, 3.8) is 0 Å². The third-order valence-electron chi connectivity index (χ3n) is 2.27. The summed E-state index contributed by atoms with van der Waals surface area (Å²) in [5.74, 6) is -0.354. The quantitative estimate of drug-likeness (QED) is 0.851. The molecule has 0 aliphatic carbocycles. The number of thiazole rings is 1. The second kappa shape index (κ2) is 5.46. The zero-order valence-electron chi connectivity index (χ0n) is 8.91. The van der Waals surface area contributed by atoms with Crippen molar-refractivity contribution in [2.75, 3.05) is 17.6 Å². The van der Waals surface area contributed by atoms with Crippen LogP contribution in [0, 0.1) is 5.82 Å². The molecule has 0 saturated carbocycles. The van der Waals surface area contributed by atoms with E-state index in [4.69, 9.17) is 5.73 Å². The first-order chi connectivity index (χ1) is 8.16. The standard InChI is InChI=1S/C11H11BrFN3S/c12-8-3-11(10(14)4-9(8)13)15-2-1-7-5-17-6-16-7/h3-6,15H,1-2,14H2. The molecule has 0 atom stereocenters. The van der Waals surface area contributed by atoms with Gasteiger partial charge in [0.05, 0.1) is 27.1 Å². The van der Waals surface area contributed by atoms with E-state index in [9.17, 15) is 4.39 Å². The molecule has 0 bridgehead atoms. The summed E-state index contributed by atoms with van der Waals surface area (Å²) in [7, 11) is 0. The molecule has 0 aliphatic rings. The molecule has 2 rings (SSSR count). The Morgan fingerprint density at radius 1 is 1.47 bits per heavy atom. The minimum atomic E-state index is -0.354. The number of halogens is 2. The van der Waals surface area contributed by atoms with Gasteiger partial charge in [0, 0.05) is 24.4 Å². The number of nitrogens with two attached hydrogens (primary N) is 1. The predicted octanol–water partition coefficient (Wildman–Crippen LogP) is 3.28. The molecule has 0 saturated heterocycles. The number of hydrogen-bond acceptors (Lipinski definition) is 4. The number of anilines is 2. The summed E-state index contributed by atoms with van der Waals surface area (Å²) >= 11 is 4.70. The molecule has 3 N–H and O–H groups in total. The van der Waals surface area contributed by atoms with Crippen LogP contribution >= 0.6 is 27.3 Å². The summed E-state index contributed by atoms with van der Waals surface area (Å²) in [6.45, 7) is 0.714. The van der Waals surface area contributed by atoms with Crippen molar-refractivity contribution in [1.82, 2.24) is 4.98 Å². The van der Waals surface area contributed by atoms with E-state index in [1.54, 1.807) is 22.9 Å². The Kier molecular flexibility index (Phi) is 3.96. The molecule has 90 valence electrons. The zero-order valence-corrected chi connectivity index (χ0v) is 11.3. The molecule has 3 nitrogen and oxygen atoms in total. The molecule has 2 aromatic rings. The summed E-state index contributed by atoms with van der Waals surface area (Å²) in [4.78, 5) is 4.18. The van der Waals surface area contributed by atoms with Crippen LogP contribution in [0.1, 0.15) is 5.69 Å². The Bertz CT molecular complexity index is 502. The van der Waals surface area contributed by atoms with Gasteiger partial charge in [-0.2, -0.15) is 0 Å². The van der Waals surface area contributed by atoms with Crippen LogP contribution in [0.5, 0.6) is 0 Å². The van der Waals surface area contributed by atoms with Crippen LogP contribution in [-0.4, -0.2) is 11.5 Å². The maximum atomic E-state index is 13.1. The van der Waals surface area contributed by atoms with Crippen molar-refractivity contribution in [1.29, 1.82) is 0 Å². The molecule has 1 aromatic heterocycles. The van der Waals surface area contributed by atoms with E-state index >= 15 is 0 Å². The molecule has 0 amide bonds. The fourth-order valence-electron chi connectivity index (χ4n) is 1.40. The molecule has 0 radical (unpaired) electrons. The fourth-order valence-corrected chi connectivity index (χ4v) is 2.34. The molecular formula is C11H11BrFN3S. The highest BCUT2D eigenvalue weighted by Crippen LogP contribution is 2.26. The summed E-state index contributed by atoms with van der Waals surface area (Å²) in [5, 5.41) is 5.17. The lowest BCUT2D eigenvalue weighted by Crippen LogP contribution is -2.07. The highest BCUT2D eigenvalue weighted by atomic mass is 79.9. The van der Waals surface area contributed by atoms with E-state index in [2.05, 4.69) is 26.2 Å². The van der Waals surface area contributed by atoms with Gasteiger partial charge < -0.3 is 11.1 Å². The molecule has 17 heavy (non-hydrogen) atoms. The van der Waals surface area contributed by atoms with E-state index in [1.807, 2.05) is 5.38 Å². The number of aromatic nitrogens is 1. The van der Waals surface area contributed by atoms with Crippen molar-refractivity contribution in [2.45, 2.75) is 6.42 Å². The van der Waals surface area contributed by atoms with Crippen molar-refractivity contribution >= 4 is 38.6 Å². The molecular weight excluding hydrogens is 305 g/mol. The largest absolute Gasteiger partial charge is 0.397 e. The van der Waals surface area contributed by atoms with Crippen LogP contribution in [0.2, 0.25) is 0 Å². The number of nitrogens with zero attached hydrogens (tertiary/aromatic N) is 1. The van der Waals surface area contributed by atoms with Gasteiger partial charge in [-0.05, 0) is 22.0 Å². The SMILES string of the molecule is Nc1cc(F)c(Br)cc1NCCc1cscn1. The number of rotatable bonds is 4. The zero-order chi connectivity index (χ0) is 12.3. The first-order valence-electron chi connectivity index (χ1n) is 5.02. The maximum absolute atomic E-state index is 13.1. The number of nitrogen functional groups attached to an aromatic ring is 1. The van der Waals surface area contributed by atoms with Crippen molar-refractivity contribution < 1.29 is 4.39 Å². The van der Waals surface area contributed by atoms with Crippen LogP contribution in [0.25, 0.3) is 0 Å². The van der Waals surface area contributed by atoms with Crippen LogP contribution in [0.4, 0.5) is 15.8 Å². The number of benzene rings is 1. The lowest BCUT2D eigenvalue weighted by molar-refractivity contribution is 0.622. The highest BCUT2D eigenvalue weighted by molar-refractivity contribution is 9.10. The van der Waals surface area contributed by atoms with Gasteiger partial charge in [0.1, 0.15) is 5.82 Å². The van der Waals surface area contributed by atoms with Gasteiger partial charge in [0.15, 0.2) is 0 Å². The van der Waals surface area contributed by atoms with Gasteiger partial charge in [0.2, 0.25) is 0 Å². The minimum Gasteiger partial charge on any atom is -0.397 e. The van der Waals surface area contributed by atoms with Crippen LogP contribution in [0.15, 0.2) is 27.5 Å². The van der Waals surface area contributed by atoms with Crippen LogP contribution in [-0.2, 0) is 6.42 Å². The Labute approximate surface area is 111 Å². The minimum absolute atomic E-state index is 0.354. The van der Waals surface area contributed by atoms with E-state index in [1.165, 1.54) is 6.07 Å². The Morgan fingerprint density at radius 2 is 2.29 bits per heavy atom. The smallest absolute Gasteiger partial charge is 0.139 e. The third kappa shape index (κ3) is 3.17. The molecule has 0 aliphatic heterocycles. The molecule has 0 fully saturated rings. The first-order valence-corrected chi connectivity index (χ1v) is 6.76. The Hall–Kier alpha value is -1.14. The molecule has 1 heterocycles. The molecule has 1 aromatic carbocycles. The van der Waals surface area contributed by atoms with E-state index in [-0.39, 0.29) is 5.82 Å². The van der Waals surface area contributed by atoms with Gasteiger partial charge >= 0.3 is 0 Å². The second-order valence-corrected chi connectivity index (χ2v) is 5.08. The van der Waals surface area contributed by atoms with Crippen LogP contribution in [0.3, 0.4) is 0 Å². The first kappa shape index (κ1) is 12.3. The highest BCUT2D eigenvalue weighted by Gasteiger charge is 2.05. The predicted molar refractivity (Wildman–Crippen MR) is 72.8 cm³/mol. The fraction of sp³-hybridized carbons (Fsp3) is 0.182. The average molecular weight is 316 g/mol. The summed E-state index contributed by atoms with van der Waals surface area (Å²) < 4.78 is 13.5. The molecule has 6 heteroatoms. The Morgan fingerprint density at radius 3 is 3.00 bits per heavy atom. The molecule has 0 unspecified atom stereocenters. The number of hydrogen-bond donors (Lipinski definition) is 2. The Balaban J connectivity index is 1.97. The van der Waals surface area contributed by atoms with E-state index in [0.29, 0.717) is 16.7 Å². The maximum Gasteiger partial charge on any atom is 0.139 e. The summed E-state index contributed by atoms with van der Waals surface area (Å²) in [6.07, 6.45) is 0.817. The van der Waals surface area contributed by atoms with Crippen molar-refractivity contribution in [3.05, 3.63) is 39.0 Å². The van der Waals surface area contributed by atoms with Crippen LogP contribution < -0.4 is 11.1 Å². The van der Waals surface area contributed by atoms with Gasteiger partial charge in [-0.1, -0.05) is 0 Å². The van der Waals surface area contributed by atoms with Crippen molar-refractivity contribution in [3.8, 4) is 0 Å². The van der Waals surface area contributed by atoms with E-state index in [0.717, 1.165) is 17.8 Å². The monoisotopic (exact) mass is 315 g/mol. The molecule has 0 spiro atoms. The normalized spacial score (nSPS) is 10.5. The summed E-state index contributed by atoms with van der Waals surface area (Å²) in [6, 6.07) is 2.95. The lowest BCUT2D eigenvalue weighted by Gasteiger charge is -2.09. The number of nitrogens with one attached hydrogen (secondary N) is 1. The topological polar surface area (TPSA) is 50.9 Å².